The molecule has 2 aromatic rings. The molecule has 3 rings (SSSR count). The van der Waals surface area contributed by atoms with E-state index in [0.29, 0.717) is 6.04 Å². The van der Waals surface area contributed by atoms with Crippen molar-refractivity contribution in [2.45, 2.75) is 25.4 Å². The van der Waals surface area contributed by atoms with Gasteiger partial charge in [-0.25, -0.2) is 0 Å². The Labute approximate surface area is 130 Å². The molecule has 0 bridgehead atoms. The highest BCUT2D eigenvalue weighted by molar-refractivity contribution is 6.31. The Hall–Kier alpha value is -1.65. The van der Waals surface area contributed by atoms with Crippen LogP contribution in [0.1, 0.15) is 18.4 Å². The minimum absolute atomic E-state index is 0.456. The van der Waals surface area contributed by atoms with Crippen molar-refractivity contribution < 1.29 is 0 Å². The number of hydrogen-bond donors (Lipinski definition) is 1. The van der Waals surface area contributed by atoms with Gasteiger partial charge < -0.3 is 10.2 Å². The Morgan fingerprint density at radius 1 is 1.24 bits per heavy atom. The molecular formula is C16H19ClN4. The summed E-state index contributed by atoms with van der Waals surface area (Å²) in [5.74, 6) is 0.960. The maximum atomic E-state index is 6.20. The summed E-state index contributed by atoms with van der Waals surface area (Å²) in [5, 5.41) is 12.6. The number of aromatic nitrogens is 2. The second kappa shape index (κ2) is 6.87. The zero-order valence-corrected chi connectivity index (χ0v) is 12.6. The molecule has 110 valence electrons. The molecule has 21 heavy (non-hydrogen) atoms. The molecule has 5 heteroatoms. The van der Waals surface area contributed by atoms with Crippen molar-refractivity contribution in [1.82, 2.24) is 15.5 Å². The fourth-order valence-electron chi connectivity index (χ4n) is 2.71. The molecule has 0 aliphatic carbocycles. The van der Waals surface area contributed by atoms with Crippen LogP contribution in [0, 0.1) is 0 Å². The van der Waals surface area contributed by atoms with E-state index in [1.807, 2.05) is 30.3 Å². The first-order chi connectivity index (χ1) is 10.3. The fraction of sp³-hybridized carbons (Fsp3) is 0.375. The molecule has 1 saturated heterocycles. The lowest BCUT2D eigenvalue weighted by Crippen LogP contribution is -2.45. The number of piperidine rings is 1. The third-order valence-electron chi connectivity index (χ3n) is 3.84. The van der Waals surface area contributed by atoms with Crippen molar-refractivity contribution in [3.63, 3.8) is 0 Å². The Morgan fingerprint density at radius 2 is 2.14 bits per heavy atom. The van der Waals surface area contributed by atoms with E-state index in [-0.39, 0.29) is 0 Å². The molecule has 1 aliphatic rings. The summed E-state index contributed by atoms with van der Waals surface area (Å²) in [5.41, 5.74) is 1.15. The lowest BCUT2D eigenvalue weighted by molar-refractivity contribution is 0.419. The van der Waals surface area contributed by atoms with Crippen LogP contribution in [-0.2, 0) is 6.54 Å². The Kier molecular flexibility index (Phi) is 4.68. The van der Waals surface area contributed by atoms with Crippen molar-refractivity contribution in [1.29, 1.82) is 0 Å². The van der Waals surface area contributed by atoms with Crippen LogP contribution in [0.5, 0.6) is 0 Å². The normalized spacial score (nSPS) is 18.7. The second-order valence-electron chi connectivity index (χ2n) is 5.34. The van der Waals surface area contributed by atoms with Crippen LogP contribution in [0.2, 0.25) is 5.02 Å². The number of anilines is 1. The van der Waals surface area contributed by atoms with E-state index in [2.05, 4.69) is 26.5 Å². The van der Waals surface area contributed by atoms with E-state index in [1.165, 1.54) is 6.42 Å². The van der Waals surface area contributed by atoms with Crippen LogP contribution in [0.25, 0.3) is 0 Å². The molecule has 1 fully saturated rings. The summed E-state index contributed by atoms with van der Waals surface area (Å²) in [6, 6.07) is 12.4. The highest BCUT2D eigenvalue weighted by Gasteiger charge is 2.20. The summed E-state index contributed by atoms with van der Waals surface area (Å²) < 4.78 is 0. The molecule has 0 amide bonds. The van der Waals surface area contributed by atoms with E-state index in [4.69, 9.17) is 11.6 Å². The minimum Gasteiger partial charge on any atom is -0.354 e. The number of rotatable bonds is 4. The quantitative estimate of drug-likeness (QED) is 0.943. The van der Waals surface area contributed by atoms with Crippen LogP contribution in [0.4, 0.5) is 5.82 Å². The average molecular weight is 303 g/mol. The van der Waals surface area contributed by atoms with Gasteiger partial charge in [-0.3, -0.25) is 0 Å². The third-order valence-corrected chi connectivity index (χ3v) is 4.21. The number of benzene rings is 1. The van der Waals surface area contributed by atoms with Gasteiger partial charge in [0.05, 0.1) is 0 Å². The molecule has 1 unspecified atom stereocenters. The maximum Gasteiger partial charge on any atom is 0.151 e. The molecule has 1 aromatic heterocycles. The smallest absolute Gasteiger partial charge is 0.151 e. The van der Waals surface area contributed by atoms with E-state index in [9.17, 15) is 0 Å². The largest absolute Gasteiger partial charge is 0.354 e. The summed E-state index contributed by atoms with van der Waals surface area (Å²) >= 11 is 6.20. The van der Waals surface area contributed by atoms with Crippen molar-refractivity contribution >= 4 is 17.4 Å². The van der Waals surface area contributed by atoms with E-state index in [0.717, 1.165) is 42.5 Å². The first-order valence-corrected chi connectivity index (χ1v) is 7.70. The number of nitrogens with one attached hydrogen (secondary N) is 1. The molecular weight excluding hydrogens is 284 g/mol. The highest BCUT2D eigenvalue weighted by atomic mass is 35.5. The van der Waals surface area contributed by atoms with Gasteiger partial charge in [0, 0.05) is 36.9 Å². The summed E-state index contributed by atoms with van der Waals surface area (Å²) in [6.45, 7) is 2.81. The van der Waals surface area contributed by atoms with Crippen molar-refractivity contribution in [3.8, 4) is 0 Å². The van der Waals surface area contributed by atoms with Gasteiger partial charge in [-0.1, -0.05) is 29.8 Å². The molecule has 0 spiro atoms. The van der Waals surface area contributed by atoms with Crippen LogP contribution in [0.3, 0.4) is 0 Å². The van der Waals surface area contributed by atoms with E-state index < -0.39 is 0 Å². The lowest BCUT2D eigenvalue weighted by atomic mass is 10.1. The molecule has 0 saturated carbocycles. The Bertz CT molecular complexity index is 575. The Balaban J connectivity index is 1.58. The molecule has 0 radical (unpaired) electrons. The van der Waals surface area contributed by atoms with Gasteiger partial charge in [-0.2, -0.15) is 5.10 Å². The second-order valence-corrected chi connectivity index (χ2v) is 5.75. The highest BCUT2D eigenvalue weighted by Crippen LogP contribution is 2.18. The SMILES string of the molecule is Clc1ccccc1CNC1CCCN(c2cccnn2)C1. The number of nitrogens with zero attached hydrogens (tertiary/aromatic N) is 3. The third kappa shape index (κ3) is 3.71. The monoisotopic (exact) mass is 302 g/mol. The summed E-state index contributed by atoms with van der Waals surface area (Å²) in [4.78, 5) is 2.29. The molecule has 1 aromatic carbocycles. The molecule has 2 heterocycles. The fourth-order valence-corrected chi connectivity index (χ4v) is 2.91. The van der Waals surface area contributed by atoms with Gasteiger partial charge in [0.1, 0.15) is 0 Å². The van der Waals surface area contributed by atoms with Gasteiger partial charge in [-0.15, -0.1) is 5.10 Å². The van der Waals surface area contributed by atoms with Gasteiger partial charge in [-0.05, 0) is 36.6 Å². The predicted molar refractivity (Wildman–Crippen MR) is 85.6 cm³/mol. The first kappa shape index (κ1) is 14.3. The molecule has 4 nitrogen and oxygen atoms in total. The molecule has 1 aliphatic heterocycles. The molecule has 1 N–H and O–H groups in total. The van der Waals surface area contributed by atoms with Gasteiger partial charge in [0.2, 0.25) is 0 Å². The van der Waals surface area contributed by atoms with Crippen LogP contribution in [0.15, 0.2) is 42.6 Å². The van der Waals surface area contributed by atoms with Gasteiger partial charge in [0.15, 0.2) is 5.82 Å². The van der Waals surface area contributed by atoms with Crippen molar-refractivity contribution in [2.24, 2.45) is 0 Å². The van der Waals surface area contributed by atoms with E-state index >= 15 is 0 Å². The van der Waals surface area contributed by atoms with Crippen molar-refractivity contribution in [3.05, 3.63) is 53.2 Å². The van der Waals surface area contributed by atoms with Crippen molar-refractivity contribution in [2.75, 3.05) is 18.0 Å². The topological polar surface area (TPSA) is 41.0 Å². The predicted octanol–water partition coefficient (Wildman–Crippen LogP) is 2.89. The number of halogens is 1. The van der Waals surface area contributed by atoms with Crippen LogP contribution in [-0.4, -0.2) is 29.3 Å². The molecule has 1 atom stereocenters. The standard InChI is InChI=1S/C16H19ClN4/c17-15-7-2-1-5-13(15)11-18-14-6-4-10-21(12-14)16-8-3-9-19-20-16/h1-3,5,7-9,14,18H,4,6,10-12H2. The van der Waals surface area contributed by atoms with Gasteiger partial charge >= 0.3 is 0 Å². The zero-order valence-electron chi connectivity index (χ0n) is 11.9. The number of hydrogen-bond acceptors (Lipinski definition) is 4. The Morgan fingerprint density at radius 3 is 2.95 bits per heavy atom. The maximum absolute atomic E-state index is 6.20. The first-order valence-electron chi connectivity index (χ1n) is 7.32. The summed E-state index contributed by atoms with van der Waals surface area (Å²) in [7, 11) is 0. The van der Waals surface area contributed by atoms with Gasteiger partial charge in [0.25, 0.3) is 0 Å². The zero-order chi connectivity index (χ0) is 14.5. The lowest BCUT2D eigenvalue weighted by Gasteiger charge is -2.33. The minimum atomic E-state index is 0.456. The average Bonchev–Trinajstić information content (AvgIpc) is 2.55. The van der Waals surface area contributed by atoms with Crippen LogP contribution >= 0.6 is 11.6 Å². The van der Waals surface area contributed by atoms with E-state index in [1.54, 1.807) is 6.20 Å². The van der Waals surface area contributed by atoms with Crippen LogP contribution < -0.4 is 10.2 Å². The summed E-state index contributed by atoms with van der Waals surface area (Å²) in [6.07, 6.45) is 4.05.